The first-order valence-corrected chi connectivity index (χ1v) is 5.87. The Hall–Kier alpha value is -1.88. The fourth-order valence-corrected chi connectivity index (χ4v) is 1.98. The number of carboxylic acids is 1. The number of fused-ring (bicyclic) bond motifs is 1. The van der Waals surface area contributed by atoms with Gasteiger partial charge in [-0.3, -0.25) is 0 Å². The summed E-state index contributed by atoms with van der Waals surface area (Å²) in [6.45, 7) is 4.30. The van der Waals surface area contributed by atoms with E-state index in [1.165, 1.54) is 0 Å². The predicted molar refractivity (Wildman–Crippen MR) is 67.7 cm³/mol. The first-order valence-electron chi connectivity index (χ1n) is 5.87. The second kappa shape index (κ2) is 4.78. The third-order valence-corrected chi connectivity index (χ3v) is 2.96. The minimum absolute atomic E-state index is 0.239. The van der Waals surface area contributed by atoms with E-state index in [-0.39, 0.29) is 11.7 Å². The molecule has 0 aliphatic rings. The molecule has 0 amide bonds. The van der Waals surface area contributed by atoms with Crippen molar-refractivity contribution in [3.05, 3.63) is 29.6 Å². The number of aromatic carboxylic acids is 1. The average Bonchev–Trinajstić information content (AvgIpc) is 2.60. The summed E-state index contributed by atoms with van der Waals surface area (Å²) < 4.78 is 1.99. The van der Waals surface area contributed by atoms with Gasteiger partial charge in [0, 0.05) is 6.54 Å². The number of aryl methyl sites for hydroxylation is 2. The number of aromatic nitrogens is 2. The van der Waals surface area contributed by atoms with Crippen LogP contribution in [-0.4, -0.2) is 31.8 Å². The zero-order chi connectivity index (χ0) is 13.3. The van der Waals surface area contributed by atoms with Crippen LogP contribution >= 0.6 is 0 Å². The van der Waals surface area contributed by atoms with Crippen LogP contribution in [-0.2, 0) is 6.54 Å². The third-order valence-electron chi connectivity index (χ3n) is 2.96. The monoisotopic (exact) mass is 248 g/mol. The molecule has 0 spiro atoms. The van der Waals surface area contributed by atoms with Gasteiger partial charge < -0.3 is 14.8 Å². The molecule has 1 atom stereocenters. The highest BCUT2D eigenvalue weighted by atomic mass is 16.4. The average molecular weight is 248 g/mol. The molecule has 18 heavy (non-hydrogen) atoms. The second-order valence-corrected chi connectivity index (χ2v) is 4.46. The van der Waals surface area contributed by atoms with Gasteiger partial charge in [-0.15, -0.1) is 0 Å². The smallest absolute Gasteiger partial charge is 0.335 e. The molecule has 0 fully saturated rings. The first-order chi connectivity index (χ1) is 8.49. The molecule has 5 heteroatoms. The third kappa shape index (κ3) is 2.36. The van der Waals surface area contributed by atoms with Crippen molar-refractivity contribution in [1.82, 2.24) is 9.55 Å². The Kier molecular flexibility index (Phi) is 3.34. The van der Waals surface area contributed by atoms with E-state index in [1.807, 2.05) is 11.5 Å². The van der Waals surface area contributed by atoms with Crippen LogP contribution in [0.15, 0.2) is 18.2 Å². The minimum atomic E-state index is -0.951. The fraction of sp³-hybridized carbons (Fsp3) is 0.385. The van der Waals surface area contributed by atoms with Crippen LogP contribution in [0.25, 0.3) is 11.0 Å². The lowest BCUT2D eigenvalue weighted by atomic mass is 10.2. The highest BCUT2D eigenvalue weighted by molar-refractivity contribution is 5.92. The number of aliphatic hydroxyl groups excluding tert-OH is 1. The molecule has 5 nitrogen and oxygen atoms in total. The van der Waals surface area contributed by atoms with Crippen LogP contribution in [0.4, 0.5) is 0 Å². The molecular formula is C13H16N2O3. The summed E-state index contributed by atoms with van der Waals surface area (Å²) in [5, 5.41) is 18.2. The molecule has 1 aromatic heterocycles. The summed E-state index contributed by atoms with van der Waals surface area (Å²) in [5.74, 6) is -0.124. The van der Waals surface area contributed by atoms with Gasteiger partial charge in [0.1, 0.15) is 5.82 Å². The second-order valence-electron chi connectivity index (χ2n) is 4.46. The summed E-state index contributed by atoms with van der Waals surface area (Å²) in [5.41, 5.74) is 1.82. The number of benzene rings is 1. The van der Waals surface area contributed by atoms with Crippen LogP contribution < -0.4 is 0 Å². The van der Waals surface area contributed by atoms with Gasteiger partial charge in [0.2, 0.25) is 0 Å². The van der Waals surface area contributed by atoms with E-state index < -0.39 is 5.97 Å². The molecule has 0 aliphatic carbocycles. The number of rotatable bonds is 4. The maximum atomic E-state index is 10.9. The van der Waals surface area contributed by atoms with Crippen molar-refractivity contribution in [1.29, 1.82) is 0 Å². The molecule has 1 aromatic carbocycles. The van der Waals surface area contributed by atoms with Crippen molar-refractivity contribution < 1.29 is 15.0 Å². The van der Waals surface area contributed by atoms with Crippen LogP contribution in [0.2, 0.25) is 0 Å². The van der Waals surface area contributed by atoms with E-state index >= 15 is 0 Å². The number of imidazole rings is 1. The lowest BCUT2D eigenvalue weighted by molar-refractivity contribution is 0.0697. The summed E-state index contributed by atoms with van der Waals surface area (Å²) in [6, 6.07) is 4.91. The van der Waals surface area contributed by atoms with Crippen LogP contribution in [0, 0.1) is 6.92 Å². The summed E-state index contributed by atoms with van der Waals surface area (Å²) in [4.78, 5) is 15.2. The van der Waals surface area contributed by atoms with Crippen molar-refractivity contribution >= 4 is 17.0 Å². The van der Waals surface area contributed by atoms with E-state index in [2.05, 4.69) is 4.98 Å². The number of hydrogen-bond acceptors (Lipinski definition) is 3. The Bertz CT molecular complexity index is 587. The Balaban J connectivity index is 2.42. The van der Waals surface area contributed by atoms with E-state index in [1.54, 1.807) is 25.1 Å². The van der Waals surface area contributed by atoms with Crippen LogP contribution in [0.1, 0.15) is 29.5 Å². The van der Waals surface area contributed by atoms with E-state index in [0.29, 0.717) is 18.5 Å². The maximum Gasteiger partial charge on any atom is 0.335 e. The van der Waals surface area contributed by atoms with E-state index in [4.69, 9.17) is 5.11 Å². The van der Waals surface area contributed by atoms with E-state index in [9.17, 15) is 9.90 Å². The Morgan fingerprint density at radius 1 is 1.50 bits per heavy atom. The zero-order valence-electron chi connectivity index (χ0n) is 10.4. The minimum Gasteiger partial charge on any atom is -0.478 e. The maximum absolute atomic E-state index is 10.9. The first kappa shape index (κ1) is 12.6. The molecule has 1 heterocycles. The molecule has 2 N–H and O–H groups in total. The standard InChI is InChI=1S/C13H16N2O3/c1-8(16)5-6-15-9(2)14-11-7-10(13(17)18)3-4-12(11)15/h3-4,7-8,16H,5-6H2,1-2H3,(H,17,18). The molecule has 1 unspecified atom stereocenters. The van der Waals surface area contributed by atoms with Gasteiger partial charge in [-0.2, -0.15) is 0 Å². The van der Waals surface area contributed by atoms with Gasteiger partial charge in [-0.25, -0.2) is 9.78 Å². The van der Waals surface area contributed by atoms with Crippen LogP contribution in [0.5, 0.6) is 0 Å². The van der Waals surface area contributed by atoms with Gasteiger partial charge in [-0.05, 0) is 38.5 Å². The number of carboxylic acid groups (broad SMARTS) is 1. The van der Waals surface area contributed by atoms with Crippen molar-refractivity contribution in [3.8, 4) is 0 Å². The largest absolute Gasteiger partial charge is 0.478 e. The molecule has 96 valence electrons. The molecular weight excluding hydrogens is 232 g/mol. The predicted octanol–water partition coefficient (Wildman–Crippen LogP) is 1.81. The fourth-order valence-electron chi connectivity index (χ4n) is 1.98. The topological polar surface area (TPSA) is 75.3 Å². The highest BCUT2D eigenvalue weighted by Gasteiger charge is 2.11. The van der Waals surface area contributed by atoms with Crippen LogP contribution in [0.3, 0.4) is 0 Å². The van der Waals surface area contributed by atoms with Gasteiger partial charge >= 0.3 is 5.97 Å². The molecule has 0 bridgehead atoms. The Morgan fingerprint density at radius 2 is 2.22 bits per heavy atom. The SMILES string of the molecule is Cc1nc2cc(C(=O)O)ccc2n1CCC(C)O. The number of carbonyl (C=O) groups is 1. The molecule has 2 rings (SSSR count). The van der Waals surface area contributed by atoms with Crippen molar-refractivity contribution in [2.75, 3.05) is 0 Å². The lowest BCUT2D eigenvalue weighted by Gasteiger charge is -2.08. The van der Waals surface area contributed by atoms with Gasteiger partial charge in [0.15, 0.2) is 0 Å². The normalized spacial score (nSPS) is 12.8. The van der Waals surface area contributed by atoms with Gasteiger partial charge in [0.25, 0.3) is 0 Å². The molecule has 0 saturated heterocycles. The zero-order valence-corrected chi connectivity index (χ0v) is 10.4. The summed E-state index contributed by atoms with van der Waals surface area (Å²) >= 11 is 0. The lowest BCUT2D eigenvalue weighted by Crippen LogP contribution is -2.08. The number of aliphatic hydroxyl groups is 1. The summed E-state index contributed by atoms with van der Waals surface area (Å²) in [6.07, 6.45) is 0.285. The van der Waals surface area contributed by atoms with Gasteiger partial charge in [-0.1, -0.05) is 0 Å². The molecule has 0 saturated carbocycles. The Labute approximate surface area is 105 Å². The molecule has 0 radical (unpaired) electrons. The summed E-state index contributed by atoms with van der Waals surface area (Å²) in [7, 11) is 0. The van der Waals surface area contributed by atoms with Crippen molar-refractivity contribution in [2.45, 2.75) is 32.9 Å². The molecule has 0 aliphatic heterocycles. The highest BCUT2D eigenvalue weighted by Crippen LogP contribution is 2.18. The van der Waals surface area contributed by atoms with Gasteiger partial charge in [0.05, 0.1) is 22.7 Å². The van der Waals surface area contributed by atoms with Crippen molar-refractivity contribution in [2.24, 2.45) is 0 Å². The van der Waals surface area contributed by atoms with E-state index in [0.717, 1.165) is 11.3 Å². The number of hydrogen-bond donors (Lipinski definition) is 2. The quantitative estimate of drug-likeness (QED) is 0.865. The van der Waals surface area contributed by atoms with Crippen molar-refractivity contribution in [3.63, 3.8) is 0 Å². The molecule has 2 aromatic rings. The Morgan fingerprint density at radius 3 is 2.83 bits per heavy atom. The number of nitrogens with zero attached hydrogens (tertiary/aromatic N) is 2.